The Balaban J connectivity index is 2.77. The van der Waals surface area contributed by atoms with Crippen LogP contribution in [-0.4, -0.2) is 31.9 Å². The zero-order valence-corrected chi connectivity index (χ0v) is 7.18. The Morgan fingerprint density at radius 1 is 1.58 bits per heavy atom. The molecule has 0 aromatic carbocycles. The van der Waals surface area contributed by atoms with Gasteiger partial charge in [0.05, 0.1) is 0 Å². The Kier molecular flexibility index (Phi) is 2.83. The fourth-order valence-electron chi connectivity index (χ4n) is 1.01. The molecule has 0 bridgehead atoms. The summed E-state index contributed by atoms with van der Waals surface area (Å²) in [5.74, 6) is 0.597. The molecular formula is C6H12BN3O2. The number of rotatable bonds is 3. The Hall–Kier alpha value is -0.875. The molecule has 2 N–H and O–H groups in total. The van der Waals surface area contributed by atoms with E-state index in [2.05, 4.69) is 10.1 Å². The van der Waals surface area contributed by atoms with Crippen molar-refractivity contribution in [3.8, 4) is 0 Å². The molecule has 0 unspecified atom stereocenters. The van der Waals surface area contributed by atoms with Crippen molar-refractivity contribution in [3.05, 3.63) is 12.2 Å². The van der Waals surface area contributed by atoms with Crippen LogP contribution in [0.2, 0.25) is 0 Å². The third-order valence-electron chi connectivity index (χ3n) is 1.50. The van der Waals surface area contributed by atoms with Crippen LogP contribution >= 0.6 is 0 Å². The van der Waals surface area contributed by atoms with Crippen molar-refractivity contribution in [2.75, 3.05) is 0 Å². The zero-order chi connectivity index (χ0) is 9.14. The van der Waals surface area contributed by atoms with Crippen molar-refractivity contribution in [1.82, 2.24) is 14.8 Å². The normalized spacial score (nSPS) is 10.8. The quantitative estimate of drug-likeness (QED) is 0.593. The highest BCUT2D eigenvalue weighted by Gasteiger charge is 2.14. The van der Waals surface area contributed by atoms with Gasteiger partial charge in [-0.25, -0.2) is 9.67 Å². The van der Waals surface area contributed by atoms with Gasteiger partial charge in [-0.15, -0.1) is 0 Å². The molecule has 1 aromatic heterocycles. The predicted molar refractivity (Wildman–Crippen MR) is 44.3 cm³/mol. The second-order valence-electron chi connectivity index (χ2n) is 2.90. The molecule has 5 nitrogen and oxygen atoms in total. The molecule has 1 aromatic rings. The molecule has 0 spiro atoms. The van der Waals surface area contributed by atoms with E-state index in [1.54, 1.807) is 4.68 Å². The lowest BCUT2D eigenvalue weighted by molar-refractivity contribution is 0.399. The topological polar surface area (TPSA) is 71.2 Å². The van der Waals surface area contributed by atoms with Crippen LogP contribution in [-0.2, 0) is 6.32 Å². The van der Waals surface area contributed by atoms with E-state index in [1.807, 2.05) is 13.8 Å². The van der Waals surface area contributed by atoms with Gasteiger partial charge in [-0.1, -0.05) is 0 Å². The first-order valence-electron chi connectivity index (χ1n) is 3.85. The minimum atomic E-state index is -1.35. The molecule has 1 heterocycles. The fourth-order valence-corrected chi connectivity index (χ4v) is 1.01. The van der Waals surface area contributed by atoms with Crippen LogP contribution in [0, 0.1) is 0 Å². The van der Waals surface area contributed by atoms with E-state index in [9.17, 15) is 0 Å². The van der Waals surface area contributed by atoms with Gasteiger partial charge in [0, 0.05) is 12.4 Å². The molecule has 0 atom stereocenters. The summed E-state index contributed by atoms with van der Waals surface area (Å²) in [4.78, 5) is 3.91. The van der Waals surface area contributed by atoms with E-state index in [-0.39, 0.29) is 12.4 Å². The Labute approximate surface area is 71.2 Å². The van der Waals surface area contributed by atoms with Gasteiger partial charge in [0.2, 0.25) is 0 Å². The first kappa shape index (κ1) is 9.21. The van der Waals surface area contributed by atoms with Crippen molar-refractivity contribution in [3.63, 3.8) is 0 Å². The maximum absolute atomic E-state index is 8.70. The molecule has 0 aliphatic carbocycles. The summed E-state index contributed by atoms with van der Waals surface area (Å²) in [5, 5.41) is 21.4. The van der Waals surface area contributed by atoms with Gasteiger partial charge in [0.1, 0.15) is 12.2 Å². The van der Waals surface area contributed by atoms with Gasteiger partial charge in [0.15, 0.2) is 0 Å². The molecule has 12 heavy (non-hydrogen) atoms. The second-order valence-corrected chi connectivity index (χ2v) is 2.90. The van der Waals surface area contributed by atoms with Crippen molar-refractivity contribution >= 4 is 7.12 Å². The van der Waals surface area contributed by atoms with E-state index in [1.165, 1.54) is 6.33 Å². The summed E-state index contributed by atoms with van der Waals surface area (Å²) in [6.45, 7) is 3.92. The van der Waals surface area contributed by atoms with Gasteiger partial charge in [-0.3, -0.25) is 0 Å². The molecule has 66 valence electrons. The largest absolute Gasteiger partial charge is 0.459 e. The monoisotopic (exact) mass is 169 g/mol. The fraction of sp³-hybridized carbons (Fsp3) is 0.667. The third-order valence-corrected chi connectivity index (χ3v) is 1.50. The SMILES string of the molecule is CC(C)n1ncnc1CB(O)O. The summed E-state index contributed by atoms with van der Waals surface area (Å²) in [5.41, 5.74) is 0. The van der Waals surface area contributed by atoms with Crippen LogP contribution in [0.25, 0.3) is 0 Å². The molecule has 6 heteroatoms. The van der Waals surface area contributed by atoms with Crippen LogP contribution < -0.4 is 0 Å². The highest BCUT2D eigenvalue weighted by molar-refractivity contribution is 6.40. The number of nitrogens with zero attached hydrogens (tertiary/aromatic N) is 3. The predicted octanol–water partition coefficient (Wildman–Crippen LogP) is -0.586. The van der Waals surface area contributed by atoms with Gasteiger partial charge in [-0.2, -0.15) is 5.10 Å². The molecule has 0 aliphatic heterocycles. The van der Waals surface area contributed by atoms with Crippen LogP contribution in [0.15, 0.2) is 6.33 Å². The maximum atomic E-state index is 8.70. The molecule has 0 fully saturated rings. The average Bonchev–Trinajstić information content (AvgIpc) is 2.33. The highest BCUT2D eigenvalue weighted by Crippen LogP contribution is 2.05. The lowest BCUT2D eigenvalue weighted by Gasteiger charge is -2.08. The smallest absolute Gasteiger partial charge is 0.427 e. The van der Waals surface area contributed by atoms with E-state index in [0.717, 1.165) is 0 Å². The zero-order valence-electron chi connectivity index (χ0n) is 7.18. The van der Waals surface area contributed by atoms with E-state index in [0.29, 0.717) is 5.82 Å². The summed E-state index contributed by atoms with van der Waals surface area (Å²) in [7, 11) is -1.35. The van der Waals surface area contributed by atoms with Crippen molar-refractivity contribution in [1.29, 1.82) is 0 Å². The summed E-state index contributed by atoms with van der Waals surface area (Å²) >= 11 is 0. The molecule has 0 radical (unpaired) electrons. The lowest BCUT2D eigenvalue weighted by Crippen LogP contribution is -2.20. The van der Waals surface area contributed by atoms with E-state index in [4.69, 9.17) is 10.0 Å². The van der Waals surface area contributed by atoms with Crippen LogP contribution in [0.5, 0.6) is 0 Å². The van der Waals surface area contributed by atoms with Crippen LogP contribution in [0.1, 0.15) is 25.7 Å². The Morgan fingerprint density at radius 3 is 2.75 bits per heavy atom. The second kappa shape index (κ2) is 3.69. The Bertz CT molecular complexity index is 249. The van der Waals surface area contributed by atoms with E-state index >= 15 is 0 Å². The third kappa shape index (κ3) is 2.05. The average molecular weight is 169 g/mol. The van der Waals surface area contributed by atoms with Crippen LogP contribution in [0.4, 0.5) is 0 Å². The molecular weight excluding hydrogens is 157 g/mol. The molecule has 1 rings (SSSR count). The van der Waals surface area contributed by atoms with Gasteiger partial charge < -0.3 is 10.0 Å². The van der Waals surface area contributed by atoms with Crippen molar-refractivity contribution in [2.45, 2.75) is 26.2 Å². The van der Waals surface area contributed by atoms with Crippen molar-refractivity contribution in [2.24, 2.45) is 0 Å². The van der Waals surface area contributed by atoms with E-state index < -0.39 is 7.12 Å². The molecule has 0 saturated heterocycles. The first-order chi connectivity index (χ1) is 5.61. The number of hydrogen-bond donors (Lipinski definition) is 2. The summed E-state index contributed by atoms with van der Waals surface area (Å²) < 4.78 is 1.67. The summed E-state index contributed by atoms with van der Waals surface area (Å²) in [6, 6.07) is 0.196. The lowest BCUT2D eigenvalue weighted by atomic mass is 9.86. The number of hydrogen-bond acceptors (Lipinski definition) is 4. The molecule has 0 aliphatic rings. The minimum Gasteiger partial charge on any atom is -0.427 e. The maximum Gasteiger partial charge on any atom is 0.459 e. The standard InChI is InChI=1S/C6H12BN3O2/c1-5(2)10-6(3-7(11)12)8-4-9-10/h4-5,11-12H,3H2,1-2H3. The summed E-state index contributed by atoms with van der Waals surface area (Å²) in [6.07, 6.45) is 1.54. The van der Waals surface area contributed by atoms with Crippen molar-refractivity contribution < 1.29 is 10.0 Å². The Morgan fingerprint density at radius 2 is 2.25 bits per heavy atom. The van der Waals surface area contributed by atoms with Gasteiger partial charge >= 0.3 is 7.12 Å². The van der Waals surface area contributed by atoms with Crippen LogP contribution in [0.3, 0.4) is 0 Å². The number of aromatic nitrogens is 3. The molecule has 0 amide bonds. The minimum absolute atomic E-state index is 0.123. The first-order valence-corrected chi connectivity index (χ1v) is 3.85. The molecule has 0 saturated carbocycles. The highest BCUT2D eigenvalue weighted by atomic mass is 16.4. The van der Waals surface area contributed by atoms with Gasteiger partial charge in [0.25, 0.3) is 0 Å². The van der Waals surface area contributed by atoms with Gasteiger partial charge in [-0.05, 0) is 13.8 Å².